The number of β-amino-alcohol motifs (C(OH)–C–C–N with tert-alkyl or cyclic N) is 1. The van der Waals surface area contributed by atoms with Crippen LogP contribution in [-0.2, 0) is 16.0 Å². The van der Waals surface area contributed by atoms with Crippen LogP contribution in [0.5, 0.6) is 5.75 Å². The Balaban J connectivity index is 1.16. The molecule has 3 aromatic rings. The van der Waals surface area contributed by atoms with Crippen LogP contribution in [-0.4, -0.2) is 85.9 Å². The highest BCUT2D eigenvalue weighted by atomic mass is 35.5. The van der Waals surface area contributed by atoms with Gasteiger partial charge in [-0.2, -0.15) is 13.2 Å². The van der Waals surface area contributed by atoms with Crippen molar-refractivity contribution in [3.63, 3.8) is 0 Å². The molecule has 7 rings (SSSR count). The molecule has 4 aliphatic heterocycles. The number of morpholine rings is 1. The van der Waals surface area contributed by atoms with Gasteiger partial charge in [0.1, 0.15) is 11.6 Å². The number of hydrogen-bond donors (Lipinski definition) is 1. The zero-order valence-electron chi connectivity index (χ0n) is 25.5. The Morgan fingerprint density at radius 2 is 1.69 bits per heavy atom. The number of hydrogen-bond acceptors (Lipinski definition) is 8. The first-order valence-electron chi connectivity index (χ1n) is 15.1. The van der Waals surface area contributed by atoms with E-state index in [-0.39, 0.29) is 57.8 Å². The lowest BCUT2D eigenvalue weighted by Crippen LogP contribution is -2.69. The van der Waals surface area contributed by atoms with E-state index in [0.29, 0.717) is 35.8 Å². The first-order chi connectivity index (χ1) is 22.8. The van der Waals surface area contributed by atoms with Crippen LogP contribution in [0.25, 0.3) is 11.1 Å². The summed E-state index contributed by atoms with van der Waals surface area (Å²) in [4.78, 5) is 31.1. The van der Waals surface area contributed by atoms with Gasteiger partial charge in [-0.25, -0.2) is 9.18 Å². The van der Waals surface area contributed by atoms with E-state index in [2.05, 4.69) is 4.90 Å². The maximum atomic E-state index is 15.8. The van der Waals surface area contributed by atoms with Gasteiger partial charge in [-0.15, -0.1) is 0 Å². The van der Waals surface area contributed by atoms with Crippen LogP contribution in [0.3, 0.4) is 0 Å². The van der Waals surface area contributed by atoms with E-state index in [0.717, 1.165) is 12.8 Å². The summed E-state index contributed by atoms with van der Waals surface area (Å²) in [7, 11) is 1.25. The second kappa shape index (κ2) is 12.0. The molecule has 0 saturated carbocycles. The maximum absolute atomic E-state index is 15.8. The Morgan fingerprint density at radius 3 is 2.31 bits per heavy atom. The largest absolute Gasteiger partial charge is 0.472 e. The molecule has 15 heteroatoms. The fourth-order valence-corrected chi connectivity index (χ4v) is 7.58. The fourth-order valence-electron chi connectivity index (χ4n) is 6.95. The number of methoxy groups -OCH3 is 1. The highest BCUT2D eigenvalue weighted by molar-refractivity contribution is 6.40. The van der Waals surface area contributed by atoms with Crippen molar-refractivity contribution >= 4 is 46.5 Å². The summed E-state index contributed by atoms with van der Waals surface area (Å²) in [6.07, 6.45) is -3.04. The maximum Gasteiger partial charge on any atom is 0.420 e. The van der Waals surface area contributed by atoms with Gasteiger partial charge in [0.25, 0.3) is 5.91 Å². The third-order valence-electron chi connectivity index (χ3n) is 9.45. The minimum atomic E-state index is -4.79. The molecule has 3 fully saturated rings. The average Bonchev–Trinajstić information content (AvgIpc) is 3.27. The van der Waals surface area contributed by atoms with E-state index < -0.39 is 42.6 Å². The first kappa shape index (κ1) is 32.8. The molecular weight excluding hydrogens is 681 g/mol. The molecule has 3 aromatic carbocycles. The summed E-state index contributed by atoms with van der Waals surface area (Å²) < 4.78 is 71.9. The number of carbonyl (C=O) groups is 2. The summed E-state index contributed by atoms with van der Waals surface area (Å²) in [5.41, 5.74) is -0.787. The lowest BCUT2D eigenvalue weighted by atomic mass is 9.92. The van der Waals surface area contributed by atoms with E-state index in [1.165, 1.54) is 35.1 Å². The third-order valence-corrected chi connectivity index (χ3v) is 10.0. The van der Waals surface area contributed by atoms with Crippen molar-refractivity contribution in [1.29, 1.82) is 0 Å². The molecule has 4 aliphatic rings. The molecule has 4 heterocycles. The Kier molecular flexibility index (Phi) is 8.17. The van der Waals surface area contributed by atoms with E-state index >= 15 is 4.39 Å². The van der Waals surface area contributed by atoms with Gasteiger partial charge in [-0.05, 0) is 37.1 Å². The molecule has 2 atom stereocenters. The van der Waals surface area contributed by atoms with Gasteiger partial charge in [-0.1, -0.05) is 41.4 Å². The van der Waals surface area contributed by atoms with Crippen LogP contribution < -0.4 is 14.5 Å². The number of anilines is 2. The summed E-state index contributed by atoms with van der Waals surface area (Å²) in [6.45, 7) is -0.580. The van der Waals surface area contributed by atoms with Gasteiger partial charge in [0.05, 0.1) is 78.9 Å². The van der Waals surface area contributed by atoms with Gasteiger partial charge in [0.15, 0.2) is 12.3 Å². The number of rotatable bonds is 5. The minimum absolute atomic E-state index is 0.0349. The lowest BCUT2D eigenvalue weighted by molar-refractivity contribution is -0.267. The van der Waals surface area contributed by atoms with Crippen LogP contribution in [0, 0.1) is 5.82 Å². The number of amides is 1. The smallest absolute Gasteiger partial charge is 0.420 e. The predicted molar refractivity (Wildman–Crippen MR) is 168 cm³/mol. The number of aliphatic hydroxyl groups is 1. The third kappa shape index (κ3) is 5.40. The van der Waals surface area contributed by atoms with E-state index in [9.17, 15) is 27.9 Å². The fraction of sp³-hybridized carbons (Fsp3) is 0.394. The van der Waals surface area contributed by atoms with Crippen molar-refractivity contribution in [2.45, 2.75) is 43.2 Å². The van der Waals surface area contributed by atoms with Crippen molar-refractivity contribution in [1.82, 2.24) is 4.90 Å². The van der Waals surface area contributed by atoms with Crippen LogP contribution in [0.1, 0.15) is 39.1 Å². The summed E-state index contributed by atoms with van der Waals surface area (Å²) in [5, 5.41) is 9.64. The monoisotopic (exact) mass is 709 g/mol. The standard InChI is InChI=1S/C33H29Cl2F4N3O6/c1-46-31(44)23-9-26(36)22(10-27(23)42-18-5-6-19(42)13-47-12-18)21-4-2-3-17-11-40(16-48-29(17)21)30(43)28-24(34)7-20(8-25(28)35)41-14-32(45,15-41)33(37,38)39/h2-4,7-10,18-19,45H,5-6,11-16H2,1H3. The molecule has 2 bridgehead atoms. The van der Waals surface area contributed by atoms with Crippen molar-refractivity contribution in [2.24, 2.45) is 0 Å². The Hall–Kier alpha value is -3.78. The summed E-state index contributed by atoms with van der Waals surface area (Å²) in [5.74, 6) is -1.52. The second-order valence-electron chi connectivity index (χ2n) is 12.4. The zero-order chi connectivity index (χ0) is 34.1. The molecule has 0 spiro atoms. The van der Waals surface area contributed by atoms with Crippen LogP contribution in [0.15, 0.2) is 42.5 Å². The zero-order valence-corrected chi connectivity index (χ0v) is 27.0. The molecule has 3 saturated heterocycles. The van der Waals surface area contributed by atoms with E-state index in [1.54, 1.807) is 24.3 Å². The van der Waals surface area contributed by atoms with E-state index in [4.69, 9.17) is 37.4 Å². The number of fused-ring (bicyclic) bond motifs is 3. The van der Waals surface area contributed by atoms with Gasteiger partial charge >= 0.3 is 12.1 Å². The lowest BCUT2D eigenvalue weighted by Gasteiger charge is -2.48. The van der Waals surface area contributed by atoms with Gasteiger partial charge in [0, 0.05) is 22.4 Å². The Morgan fingerprint density at radius 1 is 1.02 bits per heavy atom. The number of esters is 1. The Bertz CT molecular complexity index is 1780. The molecule has 2 unspecified atom stereocenters. The highest BCUT2D eigenvalue weighted by Gasteiger charge is 2.61. The topological polar surface area (TPSA) is 91.8 Å². The molecule has 0 aliphatic carbocycles. The Labute approximate surface area is 282 Å². The van der Waals surface area contributed by atoms with Crippen LogP contribution >= 0.6 is 23.2 Å². The van der Waals surface area contributed by atoms with Crippen molar-refractivity contribution < 1.29 is 46.5 Å². The number of halogens is 6. The van der Waals surface area contributed by atoms with Crippen molar-refractivity contribution in [3.8, 4) is 16.9 Å². The van der Waals surface area contributed by atoms with E-state index in [1.807, 2.05) is 0 Å². The molecule has 1 N–H and O–H groups in total. The number of nitrogens with zero attached hydrogens (tertiary/aromatic N) is 3. The normalized spacial score (nSPS) is 21.4. The first-order valence-corrected chi connectivity index (χ1v) is 15.9. The minimum Gasteiger partial charge on any atom is -0.472 e. The highest BCUT2D eigenvalue weighted by Crippen LogP contribution is 2.45. The summed E-state index contributed by atoms with van der Waals surface area (Å²) in [6, 6.07) is 10.7. The molecule has 254 valence electrons. The predicted octanol–water partition coefficient (Wildman–Crippen LogP) is 6.06. The van der Waals surface area contributed by atoms with Gasteiger partial charge in [0.2, 0.25) is 0 Å². The van der Waals surface area contributed by atoms with Gasteiger partial charge in [-0.3, -0.25) is 4.79 Å². The van der Waals surface area contributed by atoms with Crippen LogP contribution in [0.2, 0.25) is 10.0 Å². The number of benzene rings is 3. The second-order valence-corrected chi connectivity index (χ2v) is 13.2. The van der Waals surface area contributed by atoms with Crippen LogP contribution in [0.4, 0.5) is 28.9 Å². The molecule has 48 heavy (non-hydrogen) atoms. The number of carbonyl (C=O) groups excluding carboxylic acids is 2. The quantitative estimate of drug-likeness (QED) is 0.253. The van der Waals surface area contributed by atoms with Crippen molar-refractivity contribution in [3.05, 3.63) is 75.0 Å². The van der Waals surface area contributed by atoms with Crippen molar-refractivity contribution in [2.75, 3.05) is 49.9 Å². The number of para-hydroxylation sites is 1. The molecule has 0 aromatic heterocycles. The number of alkyl halides is 3. The average molecular weight is 711 g/mol. The number of ether oxygens (including phenoxy) is 3. The van der Waals surface area contributed by atoms with Gasteiger partial charge < -0.3 is 34.0 Å². The molecule has 9 nitrogen and oxygen atoms in total. The SMILES string of the molecule is COC(=O)c1cc(F)c(-c2cccc3c2OCN(C(=O)c2c(Cl)cc(N4CC(O)(C(F)(F)F)C4)cc2Cl)C3)cc1N1C2CCC1COC2. The molecular formula is C33H29Cl2F4N3O6. The summed E-state index contributed by atoms with van der Waals surface area (Å²) >= 11 is 12.9. The molecule has 1 amide bonds. The molecule has 0 radical (unpaired) electrons.